The summed E-state index contributed by atoms with van der Waals surface area (Å²) in [6.45, 7) is 0. The van der Waals surface area contributed by atoms with Crippen LogP contribution in [0.15, 0.2) is 57.4 Å². The number of halogens is 2. The quantitative estimate of drug-likeness (QED) is 0.579. The van der Waals surface area contributed by atoms with Crippen molar-refractivity contribution >= 4 is 50.4 Å². The number of hydrogen-bond acceptors (Lipinski definition) is 4. The monoisotopic (exact) mass is 469 g/mol. The lowest BCUT2D eigenvalue weighted by Crippen LogP contribution is -2.13. The molecule has 0 radical (unpaired) electrons. The molecule has 1 amide bonds. The molecule has 0 saturated carbocycles. The lowest BCUT2D eigenvalue weighted by Gasteiger charge is -2.02. The Kier molecular flexibility index (Phi) is 4.53. The normalized spacial score (nSPS) is 10.5. The van der Waals surface area contributed by atoms with E-state index < -0.39 is 0 Å². The Labute approximate surface area is 148 Å². The van der Waals surface area contributed by atoms with Crippen molar-refractivity contribution in [2.75, 3.05) is 5.32 Å². The Hall–Kier alpha value is -1.74. The number of carbonyl (C=O) groups is 1. The van der Waals surface area contributed by atoms with Crippen LogP contribution in [0.4, 0.5) is 6.01 Å². The van der Waals surface area contributed by atoms with Gasteiger partial charge in [-0.05, 0) is 52.9 Å². The number of carbonyl (C=O) groups excluding carboxylic acids is 1. The Bertz CT molecular complexity index is 835. The predicted octanol–water partition coefficient (Wildman–Crippen LogP) is 4.36. The fourth-order valence-electron chi connectivity index (χ4n) is 1.82. The molecule has 0 aliphatic carbocycles. The van der Waals surface area contributed by atoms with Gasteiger partial charge >= 0.3 is 6.01 Å². The molecule has 2 aromatic carbocycles. The largest absolute Gasteiger partial charge is 0.403 e. The second-order valence-electron chi connectivity index (χ2n) is 4.36. The van der Waals surface area contributed by atoms with Crippen molar-refractivity contribution in [1.82, 2.24) is 10.2 Å². The average molecular weight is 470 g/mol. The summed E-state index contributed by atoms with van der Waals surface area (Å²) in [7, 11) is 0. The molecule has 0 saturated heterocycles. The zero-order chi connectivity index (χ0) is 15.5. The highest BCUT2D eigenvalue weighted by atomic mass is 127. The molecule has 1 N–H and O–H groups in total. The summed E-state index contributed by atoms with van der Waals surface area (Å²) in [6, 6.07) is 14.8. The van der Waals surface area contributed by atoms with E-state index in [0.717, 1.165) is 13.6 Å². The van der Waals surface area contributed by atoms with Gasteiger partial charge in [-0.25, -0.2) is 0 Å². The van der Waals surface area contributed by atoms with Crippen LogP contribution in [-0.4, -0.2) is 16.1 Å². The summed E-state index contributed by atoms with van der Waals surface area (Å²) in [5, 5.41) is 10.4. The summed E-state index contributed by atoms with van der Waals surface area (Å²) >= 11 is 5.49. The number of hydrogen-bond donors (Lipinski definition) is 1. The van der Waals surface area contributed by atoms with Crippen molar-refractivity contribution in [2.24, 2.45) is 0 Å². The van der Waals surface area contributed by atoms with Gasteiger partial charge in [0.15, 0.2) is 0 Å². The van der Waals surface area contributed by atoms with Gasteiger partial charge in [0.05, 0.1) is 5.56 Å². The third-order valence-corrected chi connectivity index (χ3v) is 4.27. The Morgan fingerprint density at radius 2 is 1.95 bits per heavy atom. The van der Waals surface area contributed by atoms with E-state index in [-0.39, 0.29) is 11.9 Å². The molecule has 0 atom stereocenters. The van der Waals surface area contributed by atoms with Crippen LogP contribution in [0.2, 0.25) is 0 Å². The minimum atomic E-state index is -0.283. The first-order valence-corrected chi connectivity index (χ1v) is 8.16. The lowest BCUT2D eigenvalue weighted by molar-refractivity contribution is 0.102. The van der Waals surface area contributed by atoms with Crippen molar-refractivity contribution in [1.29, 1.82) is 0 Å². The van der Waals surface area contributed by atoms with E-state index in [1.165, 1.54) is 0 Å². The molecule has 0 spiro atoms. The van der Waals surface area contributed by atoms with E-state index in [2.05, 4.69) is 54.0 Å². The standard InChI is InChI=1S/C15H9BrIN3O2/c16-10-5-3-4-9(8-10)14-19-20-15(22-14)18-13(21)11-6-1-2-7-12(11)17/h1-8H,(H,18,20,21). The van der Waals surface area contributed by atoms with E-state index in [1.54, 1.807) is 12.1 Å². The highest BCUT2D eigenvalue weighted by molar-refractivity contribution is 14.1. The highest BCUT2D eigenvalue weighted by Gasteiger charge is 2.14. The molecule has 5 nitrogen and oxygen atoms in total. The molecular weight excluding hydrogens is 461 g/mol. The predicted molar refractivity (Wildman–Crippen MR) is 94.5 cm³/mol. The first kappa shape index (κ1) is 15.2. The Balaban J connectivity index is 1.80. The van der Waals surface area contributed by atoms with Crippen LogP contribution in [0.25, 0.3) is 11.5 Å². The molecule has 0 aliphatic heterocycles. The first-order valence-electron chi connectivity index (χ1n) is 6.29. The lowest BCUT2D eigenvalue weighted by atomic mass is 10.2. The van der Waals surface area contributed by atoms with Crippen LogP contribution < -0.4 is 5.32 Å². The zero-order valence-electron chi connectivity index (χ0n) is 11.1. The van der Waals surface area contributed by atoms with Crippen LogP contribution in [0, 0.1) is 3.57 Å². The molecule has 1 heterocycles. The van der Waals surface area contributed by atoms with E-state index in [1.807, 2.05) is 36.4 Å². The van der Waals surface area contributed by atoms with Crippen LogP contribution in [0.5, 0.6) is 0 Å². The molecule has 110 valence electrons. The second-order valence-corrected chi connectivity index (χ2v) is 6.43. The minimum absolute atomic E-state index is 0.0691. The molecular formula is C15H9BrIN3O2. The van der Waals surface area contributed by atoms with Crippen molar-refractivity contribution in [2.45, 2.75) is 0 Å². The number of nitrogens with zero attached hydrogens (tertiary/aromatic N) is 2. The molecule has 0 aliphatic rings. The van der Waals surface area contributed by atoms with Gasteiger partial charge in [-0.2, -0.15) is 0 Å². The summed E-state index contributed by atoms with van der Waals surface area (Å²) in [5.74, 6) is 0.0637. The van der Waals surface area contributed by atoms with Gasteiger partial charge in [0.2, 0.25) is 5.89 Å². The second kappa shape index (κ2) is 6.57. The maximum Gasteiger partial charge on any atom is 0.322 e. The number of anilines is 1. The first-order chi connectivity index (χ1) is 10.6. The SMILES string of the molecule is O=C(Nc1nnc(-c2cccc(Br)c2)o1)c1ccccc1I. The van der Waals surface area contributed by atoms with Crippen LogP contribution >= 0.6 is 38.5 Å². The zero-order valence-corrected chi connectivity index (χ0v) is 14.8. The topological polar surface area (TPSA) is 68.0 Å². The van der Waals surface area contributed by atoms with Gasteiger partial charge in [0.25, 0.3) is 5.91 Å². The minimum Gasteiger partial charge on any atom is -0.403 e. The van der Waals surface area contributed by atoms with Gasteiger partial charge in [-0.1, -0.05) is 39.2 Å². The maximum absolute atomic E-state index is 12.2. The molecule has 3 rings (SSSR count). The molecule has 3 aromatic rings. The molecule has 0 bridgehead atoms. The number of rotatable bonds is 3. The van der Waals surface area contributed by atoms with E-state index in [4.69, 9.17) is 4.42 Å². The van der Waals surface area contributed by atoms with Crippen LogP contribution in [0.1, 0.15) is 10.4 Å². The smallest absolute Gasteiger partial charge is 0.322 e. The third kappa shape index (κ3) is 3.36. The van der Waals surface area contributed by atoms with Crippen molar-refractivity contribution < 1.29 is 9.21 Å². The molecule has 0 unspecified atom stereocenters. The Morgan fingerprint density at radius 3 is 2.73 bits per heavy atom. The van der Waals surface area contributed by atoms with E-state index >= 15 is 0 Å². The van der Waals surface area contributed by atoms with E-state index in [9.17, 15) is 4.79 Å². The summed E-state index contributed by atoms with van der Waals surface area (Å²) in [6.07, 6.45) is 0. The van der Waals surface area contributed by atoms with E-state index in [0.29, 0.717) is 11.5 Å². The van der Waals surface area contributed by atoms with Crippen LogP contribution in [-0.2, 0) is 0 Å². The highest BCUT2D eigenvalue weighted by Crippen LogP contribution is 2.23. The van der Waals surface area contributed by atoms with Crippen LogP contribution in [0.3, 0.4) is 0 Å². The van der Waals surface area contributed by atoms with Gasteiger partial charge < -0.3 is 4.42 Å². The molecule has 7 heteroatoms. The summed E-state index contributed by atoms with van der Waals surface area (Å²) < 4.78 is 7.24. The fraction of sp³-hybridized carbons (Fsp3) is 0. The summed E-state index contributed by atoms with van der Waals surface area (Å²) in [4.78, 5) is 12.2. The fourth-order valence-corrected chi connectivity index (χ4v) is 2.85. The molecule has 1 aromatic heterocycles. The maximum atomic E-state index is 12.2. The molecule has 22 heavy (non-hydrogen) atoms. The average Bonchev–Trinajstić information content (AvgIpc) is 2.96. The van der Waals surface area contributed by atoms with Crippen molar-refractivity contribution in [3.05, 3.63) is 62.1 Å². The number of nitrogens with one attached hydrogen (secondary N) is 1. The number of amides is 1. The van der Waals surface area contributed by atoms with Crippen molar-refractivity contribution in [3.8, 4) is 11.5 Å². The number of benzene rings is 2. The summed E-state index contributed by atoms with van der Waals surface area (Å²) in [5.41, 5.74) is 1.34. The van der Waals surface area contributed by atoms with Gasteiger partial charge in [-0.3, -0.25) is 10.1 Å². The number of aromatic nitrogens is 2. The van der Waals surface area contributed by atoms with Gasteiger partial charge in [-0.15, -0.1) is 5.10 Å². The van der Waals surface area contributed by atoms with Gasteiger partial charge in [0, 0.05) is 13.6 Å². The molecule has 0 fully saturated rings. The third-order valence-electron chi connectivity index (χ3n) is 2.84. The Morgan fingerprint density at radius 1 is 1.14 bits per heavy atom. The van der Waals surface area contributed by atoms with Gasteiger partial charge in [0.1, 0.15) is 0 Å². The van der Waals surface area contributed by atoms with Crippen molar-refractivity contribution in [3.63, 3.8) is 0 Å².